The van der Waals surface area contributed by atoms with Gasteiger partial charge in [-0.3, -0.25) is 0 Å². The second-order valence-electron chi connectivity index (χ2n) is 5.07. The third-order valence-corrected chi connectivity index (χ3v) is 3.54. The molecule has 120 valence electrons. The summed E-state index contributed by atoms with van der Waals surface area (Å²) in [6.07, 6.45) is 0. The lowest BCUT2D eigenvalue weighted by Gasteiger charge is -2.12. The van der Waals surface area contributed by atoms with Crippen LogP contribution in [0.15, 0.2) is 77.0 Å². The van der Waals surface area contributed by atoms with Gasteiger partial charge in [0.1, 0.15) is 28.6 Å². The van der Waals surface area contributed by atoms with E-state index < -0.39 is 0 Å². The summed E-state index contributed by atoms with van der Waals surface area (Å²) in [5.41, 5.74) is 2.08. The molecule has 0 heterocycles. The fraction of sp³-hybridized carbons (Fsp3) is 0.0526. The summed E-state index contributed by atoms with van der Waals surface area (Å²) in [6.45, 7) is 0. The molecule has 0 unspecified atom stereocenters. The third-order valence-electron chi connectivity index (χ3n) is 3.54. The normalized spacial score (nSPS) is 10.9. The molecule has 0 radical (unpaired) electrons. The van der Waals surface area contributed by atoms with Crippen molar-refractivity contribution in [2.45, 2.75) is 0 Å². The number of hydrogen-bond donors (Lipinski definition) is 2. The van der Waals surface area contributed by atoms with Gasteiger partial charge in [-0.25, -0.2) is 0 Å². The molecule has 0 aliphatic carbocycles. The summed E-state index contributed by atoms with van der Waals surface area (Å²) in [6, 6.07) is 19.3. The number of phenols is 2. The van der Waals surface area contributed by atoms with Crippen LogP contribution in [0.3, 0.4) is 0 Å². The molecule has 24 heavy (non-hydrogen) atoms. The second kappa shape index (κ2) is 6.83. The van der Waals surface area contributed by atoms with Crippen molar-refractivity contribution in [3.63, 3.8) is 0 Å². The van der Waals surface area contributed by atoms with E-state index in [2.05, 4.69) is 10.2 Å². The van der Waals surface area contributed by atoms with E-state index in [0.29, 0.717) is 17.0 Å². The van der Waals surface area contributed by atoms with Gasteiger partial charge in [-0.15, -0.1) is 10.2 Å². The topological polar surface area (TPSA) is 74.4 Å². The van der Waals surface area contributed by atoms with Crippen molar-refractivity contribution in [1.29, 1.82) is 0 Å². The van der Waals surface area contributed by atoms with Crippen molar-refractivity contribution in [1.82, 2.24) is 0 Å². The zero-order chi connectivity index (χ0) is 16.9. The van der Waals surface area contributed by atoms with E-state index in [1.165, 1.54) is 12.1 Å². The Morgan fingerprint density at radius 2 is 1.46 bits per heavy atom. The number of phenolic OH excluding ortho intramolecular Hbond substituents is 2. The van der Waals surface area contributed by atoms with Crippen LogP contribution in [-0.4, -0.2) is 17.3 Å². The predicted molar refractivity (Wildman–Crippen MR) is 92.4 cm³/mol. The van der Waals surface area contributed by atoms with Crippen LogP contribution < -0.4 is 4.74 Å². The molecule has 0 bridgehead atoms. The third kappa shape index (κ3) is 3.05. The predicted octanol–water partition coefficient (Wildman–Crippen LogP) is 5.19. The lowest BCUT2D eigenvalue weighted by molar-refractivity contribution is 0.414. The van der Waals surface area contributed by atoms with Gasteiger partial charge in [0.15, 0.2) is 0 Å². The smallest absolute Gasteiger partial charge is 0.144 e. The molecule has 5 heteroatoms. The number of benzene rings is 3. The quantitative estimate of drug-likeness (QED) is 0.650. The number of hydrogen-bond acceptors (Lipinski definition) is 5. The highest BCUT2D eigenvalue weighted by Crippen LogP contribution is 2.44. The van der Waals surface area contributed by atoms with Crippen LogP contribution in [0.2, 0.25) is 0 Å². The first-order chi connectivity index (χ1) is 11.7. The molecule has 0 fully saturated rings. The number of aromatic hydroxyl groups is 2. The van der Waals surface area contributed by atoms with E-state index in [-0.39, 0.29) is 17.2 Å². The van der Waals surface area contributed by atoms with E-state index in [1.807, 2.05) is 30.3 Å². The standard InChI is InChI=1S/C19H16N2O3/c1-24-17-12-11-16(23)19(18(17)13-7-3-2-4-8-13)21-20-14-9-5-6-10-15(14)22/h2-12,22-23H,1H3. The molecule has 0 aliphatic rings. The van der Waals surface area contributed by atoms with E-state index in [0.717, 1.165) is 5.56 Å². The first-order valence-electron chi connectivity index (χ1n) is 7.36. The van der Waals surface area contributed by atoms with E-state index in [9.17, 15) is 10.2 Å². The minimum Gasteiger partial charge on any atom is -0.506 e. The van der Waals surface area contributed by atoms with Crippen LogP contribution in [0.5, 0.6) is 17.2 Å². The molecule has 5 nitrogen and oxygen atoms in total. The van der Waals surface area contributed by atoms with Crippen molar-refractivity contribution in [3.05, 3.63) is 66.7 Å². The van der Waals surface area contributed by atoms with Crippen LogP contribution in [0.25, 0.3) is 11.1 Å². The van der Waals surface area contributed by atoms with Crippen molar-refractivity contribution in [3.8, 4) is 28.4 Å². The van der Waals surface area contributed by atoms with Crippen molar-refractivity contribution in [2.24, 2.45) is 10.2 Å². The Balaban J connectivity index is 2.15. The summed E-state index contributed by atoms with van der Waals surface area (Å²) in [5, 5.41) is 28.3. The highest BCUT2D eigenvalue weighted by Gasteiger charge is 2.16. The van der Waals surface area contributed by atoms with Gasteiger partial charge in [-0.1, -0.05) is 42.5 Å². The number of nitrogens with zero attached hydrogens (tertiary/aromatic N) is 2. The van der Waals surface area contributed by atoms with Crippen LogP contribution in [0, 0.1) is 0 Å². The summed E-state index contributed by atoms with van der Waals surface area (Å²) >= 11 is 0. The van der Waals surface area contributed by atoms with Crippen molar-refractivity contribution in [2.75, 3.05) is 7.11 Å². The Morgan fingerprint density at radius 3 is 2.17 bits per heavy atom. The molecule has 0 aliphatic heterocycles. The van der Waals surface area contributed by atoms with Crippen LogP contribution >= 0.6 is 0 Å². The van der Waals surface area contributed by atoms with Crippen LogP contribution in [-0.2, 0) is 0 Å². The number of azo groups is 1. The zero-order valence-corrected chi connectivity index (χ0v) is 13.0. The highest BCUT2D eigenvalue weighted by atomic mass is 16.5. The van der Waals surface area contributed by atoms with Gasteiger partial charge >= 0.3 is 0 Å². The van der Waals surface area contributed by atoms with Gasteiger partial charge < -0.3 is 14.9 Å². The summed E-state index contributed by atoms with van der Waals surface area (Å²) in [4.78, 5) is 0. The lowest BCUT2D eigenvalue weighted by atomic mass is 10.0. The minimum absolute atomic E-state index is 0.0184. The fourth-order valence-electron chi connectivity index (χ4n) is 2.37. The largest absolute Gasteiger partial charge is 0.506 e. The molecule has 0 saturated carbocycles. The number of para-hydroxylation sites is 1. The molecule has 3 aromatic rings. The molecular formula is C19H16N2O3. The van der Waals surface area contributed by atoms with Crippen LogP contribution in [0.1, 0.15) is 0 Å². The number of ether oxygens (including phenoxy) is 1. The zero-order valence-electron chi connectivity index (χ0n) is 13.0. The molecule has 0 aromatic heterocycles. The Bertz CT molecular complexity index is 877. The van der Waals surface area contributed by atoms with Crippen LogP contribution in [0.4, 0.5) is 11.4 Å². The van der Waals surface area contributed by atoms with E-state index in [1.54, 1.807) is 31.4 Å². The Kier molecular flexibility index (Phi) is 4.43. The molecule has 0 saturated heterocycles. The van der Waals surface area contributed by atoms with Gasteiger partial charge in [0, 0.05) is 0 Å². The summed E-state index contributed by atoms with van der Waals surface area (Å²) in [5.74, 6) is 0.573. The Morgan fingerprint density at radius 1 is 0.750 bits per heavy atom. The first-order valence-corrected chi connectivity index (χ1v) is 7.36. The average molecular weight is 320 g/mol. The molecule has 0 atom stereocenters. The lowest BCUT2D eigenvalue weighted by Crippen LogP contribution is -1.88. The molecule has 3 rings (SSSR count). The Hall–Kier alpha value is -3.34. The number of rotatable bonds is 4. The second-order valence-corrected chi connectivity index (χ2v) is 5.07. The highest BCUT2D eigenvalue weighted by molar-refractivity contribution is 5.85. The van der Waals surface area contributed by atoms with Gasteiger partial charge in [-0.05, 0) is 29.8 Å². The molecular weight excluding hydrogens is 304 g/mol. The Labute approximate surface area is 139 Å². The average Bonchev–Trinajstić information content (AvgIpc) is 2.62. The summed E-state index contributed by atoms with van der Waals surface area (Å²) in [7, 11) is 1.56. The van der Waals surface area contributed by atoms with Gasteiger partial charge in [0.25, 0.3) is 0 Å². The van der Waals surface area contributed by atoms with Gasteiger partial charge in [-0.2, -0.15) is 0 Å². The van der Waals surface area contributed by atoms with Gasteiger partial charge in [0.2, 0.25) is 0 Å². The minimum atomic E-state index is -0.0196. The fourth-order valence-corrected chi connectivity index (χ4v) is 2.37. The molecule has 0 amide bonds. The monoisotopic (exact) mass is 320 g/mol. The molecule has 2 N–H and O–H groups in total. The SMILES string of the molecule is COc1ccc(O)c(N=Nc2ccccc2O)c1-c1ccccc1. The maximum atomic E-state index is 10.2. The van der Waals surface area contributed by atoms with Gasteiger partial charge in [0.05, 0.1) is 12.7 Å². The summed E-state index contributed by atoms with van der Waals surface area (Å²) < 4.78 is 5.41. The van der Waals surface area contributed by atoms with E-state index in [4.69, 9.17) is 4.74 Å². The molecule has 3 aromatic carbocycles. The van der Waals surface area contributed by atoms with Crippen molar-refractivity contribution < 1.29 is 14.9 Å². The first kappa shape index (κ1) is 15.6. The maximum Gasteiger partial charge on any atom is 0.144 e. The number of methoxy groups -OCH3 is 1. The van der Waals surface area contributed by atoms with E-state index >= 15 is 0 Å². The maximum absolute atomic E-state index is 10.2. The molecule has 0 spiro atoms. The van der Waals surface area contributed by atoms with Crippen molar-refractivity contribution >= 4 is 11.4 Å².